The van der Waals surface area contributed by atoms with Gasteiger partial charge in [0.1, 0.15) is 0 Å². The number of carbonyl (C=O) groups excluding carboxylic acids is 1. The first-order valence-electron chi connectivity index (χ1n) is 7.26. The van der Waals surface area contributed by atoms with E-state index in [1.165, 1.54) is 32.1 Å². The molecule has 4 heteroatoms. The standard InChI is InChI=1S/C16H24N2OS/c1-12-6-7-14(17)13(10-12)15(19)18-11-16(20-2)8-4-3-5-9-16/h6-7,10H,3-5,8-9,11,17H2,1-2H3,(H,18,19). The van der Waals surface area contributed by atoms with Gasteiger partial charge in [0.2, 0.25) is 0 Å². The van der Waals surface area contributed by atoms with Crippen molar-refractivity contribution in [2.75, 3.05) is 18.5 Å². The molecule has 1 aromatic rings. The van der Waals surface area contributed by atoms with Gasteiger partial charge in [0.25, 0.3) is 5.91 Å². The minimum atomic E-state index is -0.0507. The lowest BCUT2D eigenvalue weighted by atomic mass is 9.88. The van der Waals surface area contributed by atoms with Crippen molar-refractivity contribution >= 4 is 23.4 Å². The van der Waals surface area contributed by atoms with Gasteiger partial charge in [-0.2, -0.15) is 11.8 Å². The summed E-state index contributed by atoms with van der Waals surface area (Å²) in [7, 11) is 0. The van der Waals surface area contributed by atoms with Crippen LogP contribution in [0.1, 0.15) is 48.0 Å². The van der Waals surface area contributed by atoms with Crippen LogP contribution in [0, 0.1) is 6.92 Å². The smallest absolute Gasteiger partial charge is 0.253 e. The Labute approximate surface area is 125 Å². The van der Waals surface area contributed by atoms with Crippen molar-refractivity contribution in [3.05, 3.63) is 29.3 Å². The third kappa shape index (κ3) is 3.48. The molecule has 3 nitrogen and oxygen atoms in total. The topological polar surface area (TPSA) is 55.1 Å². The highest BCUT2D eigenvalue weighted by molar-refractivity contribution is 8.00. The molecule has 1 saturated carbocycles. The zero-order valence-electron chi connectivity index (χ0n) is 12.4. The van der Waals surface area contributed by atoms with Crippen LogP contribution in [-0.2, 0) is 0 Å². The molecule has 1 aromatic carbocycles. The second-order valence-corrected chi connectivity index (χ2v) is 7.00. The molecule has 1 amide bonds. The second kappa shape index (κ2) is 6.53. The summed E-state index contributed by atoms with van der Waals surface area (Å²) in [5.41, 5.74) is 8.10. The minimum absolute atomic E-state index is 0.0507. The van der Waals surface area contributed by atoms with E-state index in [-0.39, 0.29) is 10.7 Å². The predicted molar refractivity (Wildman–Crippen MR) is 87.3 cm³/mol. The molecule has 0 spiro atoms. The fourth-order valence-electron chi connectivity index (χ4n) is 2.85. The maximum absolute atomic E-state index is 12.3. The largest absolute Gasteiger partial charge is 0.398 e. The lowest BCUT2D eigenvalue weighted by Gasteiger charge is -2.35. The van der Waals surface area contributed by atoms with Crippen molar-refractivity contribution in [3.63, 3.8) is 0 Å². The summed E-state index contributed by atoms with van der Waals surface area (Å²) in [6.07, 6.45) is 8.39. The average molecular weight is 292 g/mol. The number of amides is 1. The van der Waals surface area contributed by atoms with Crippen LogP contribution in [0.5, 0.6) is 0 Å². The zero-order chi connectivity index (χ0) is 14.6. The number of hydrogen-bond acceptors (Lipinski definition) is 3. The fourth-order valence-corrected chi connectivity index (χ4v) is 3.77. The summed E-state index contributed by atoms with van der Waals surface area (Å²) in [6, 6.07) is 5.59. The molecular formula is C16H24N2OS. The van der Waals surface area contributed by atoms with Crippen LogP contribution < -0.4 is 11.1 Å². The molecule has 0 aromatic heterocycles. The van der Waals surface area contributed by atoms with E-state index >= 15 is 0 Å². The van der Waals surface area contributed by atoms with E-state index < -0.39 is 0 Å². The number of hydrogen-bond donors (Lipinski definition) is 2. The first kappa shape index (κ1) is 15.2. The third-order valence-corrected chi connectivity index (χ3v) is 5.64. The number of aryl methyl sites for hydroxylation is 1. The summed E-state index contributed by atoms with van der Waals surface area (Å²) >= 11 is 1.89. The molecule has 0 heterocycles. The van der Waals surface area contributed by atoms with Crippen LogP contribution in [0.15, 0.2) is 18.2 Å². The van der Waals surface area contributed by atoms with Crippen LogP contribution >= 0.6 is 11.8 Å². The maximum atomic E-state index is 12.3. The van der Waals surface area contributed by atoms with E-state index in [9.17, 15) is 4.79 Å². The first-order valence-corrected chi connectivity index (χ1v) is 8.48. The number of thioether (sulfide) groups is 1. The van der Waals surface area contributed by atoms with Gasteiger partial charge in [-0.25, -0.2) is 0 Å². The molecule has 0 bridgehead atoms. The monoisotopic (exact) mass is 292 g/mol. The van der Waals surface area contributed by atoms with E-state index in [0.29, 0.717) is 11.3 Å². The molecule has 0 atom stereocenters. The highest BCUT2D eigenvalue weighted by atomic mass is 32.2. The highest BCUT2D eigenvalue weighted by Gasteiger charge is 2.31. The van der Waals surface area contributed by atoms with E-state index in [2.05, 4.69) is 11.6 Å². The van der Waals surface area contributed by atoms with Gasteiger partial charge in [0, 0.05) is 17.0 Å². The molecule has 1 aliphatic carbocycles. The molecule has 0 saturated heterocycles. The number of nitrogens with one attached hydrogen (secondary N) is 1. The van der Waals surface area contributed by atoms with Crippen LogP contribution in [-0.4, -0.2) is 23.5 Å². The molecule has 0 unspecified atom stereocenters. The van der Waals surface area contributed by atoms with Gasteiger partial charge >= 0.3 is 0 Å². The molecule has 3 N–H and O–H groups in total. The SMILES string of the molecule is CSC1(CNC(=O)c2cc(C)ccc2N)CCCCC1. The van der Waals surface area contributed by atoms with Crippen LogP contribution in [0.25, 0.3) is 0 Å². The normalized spacial score (nSPS) is 17.7. The van der Waals surface area contributed by atoms with Crippen molar-refractivity contribution in [3.8, 4) is 0 Å². The van der Waals surface area contributed by atoms with Crippen molar-refractivity contribution in [1.29, 1.82) is 0 Å². The van der Waals surface area contributed by atoms with Crippen LogP contribution in [0.2, 0.25) is 0 Å². The number of carbonyl (C=O) groups is 1. The lowest BCUT2D eigenvalue weighted by molar-refractivity contribution is 0.0947. The Bertz CT molecular complexity index is 481. The quantitative estimate of drug-likeness (QED) is 0.837. The predicted octanol–water partition coefficient (Wildman–Crippen LogP) is 3.37. The molecule has 2 rings (SSSR count). The zero-order valence-corrected chi connectivity index (χ0v) is 13.2. The maximum Gasteiger partial charge on any atom is 0.253 e. The Morgan fingerprint density at radius 2 is 2.05 bits per heavy atom. The van der Waals surface area contributed by atoms with Gasteiger partial charge < -0.3 is 11.1 Å². The number of nitrogen functional groups attached to an aromatic ring is 1. The number of benzene rings is 1. The fraction of sp³-hybridized carbons (Fsp3) is 0.562. The molecule has 1 fully saturated rings. The number of anilines is 1. The van der Waals surface area contributed by atoms with Crippen molar-refractivity contribution in [2.45, 2.75) is 43.8 Å². The summed E-state index contributed by atoms with van der Waals surface area (Å²) in [5.74, 6) is -0.0507. The Balaban J connectivity index is 2.02. The Kier molecular flexibility index (Phi) is 4.97. The van der Waals surface area contributed by atoms with E-state index in [4.69, 9.17) is 5.73 Å². The number of nitrogens with two attached hydrogens (primary N) is 1. The number of rotatable bonds is 4. The summed E-state index contributed by atoms with van der Waals surface area (Å²) in [4.78, 5) is 12.3. The van der Waals surface area contributed by atoms with Gasteiger partial charge in [-0.15, -0.1) is 0 Å². The van der Waals surface area contributed by atoms with Gasteiger partial charge in [-0.1, -0.05) is 30.9 Å². The second-order valence-electron chi connectivity index (χ2n) is 5.72. The van der Waals surface area contributed by atoms with E-state index in [1.807, 2.05) is 30.8 Å². The molecule has 20 heavy (non-hydrogen) atoms. The van der Waals surface area contributed by atoms with Gasteiger partial charge in [0.15, 0.2) is 0 Å². The minimum Gasteiger partial charge on any atom is -0.398 e. The van der Waals surface area contributed by atoms with E-state index in [1.54, 1.807) is 6.07 Å². The molecule has 0 radical (unpaired) electrons. The highest BCUT2D eigenvalue weighted by Crippen LogP contribution is 2.38. The van der Waals surface area contributed by atoms with Crippen molar-refractivity contribution in [2.24, 2.45) is 0 Å². The third-order valence-electron chi connectivity index (χ3n) is 4.22. The Morgan fingerprint density at radius 3 is 2.70 bits per heavy atom. The molecule has 110 valence electrons. The summed E-state index contributed by atoms with van der Waals surface area (Å²) < 4.78 is 0.215. The van der Waals surface area contributed by atoms with Gasteiger partial charge in [0.05, 0.1) is 5.56 Å². The van der Waals surface area contributed by atoms with Crippen LogP contribution in [0.4, 0.5) is 5.69 Å². The molecule has 1 aliphatic rings. The lowest BCUT2D eigenvalue weighted by Crippen LogP contribution is -2.41. The van der Waals surface area contributed by atoms with Gasteiger partial charge in [-0.3, -0.25) is 4.79 Å². The van der Waals surface area contributed by atoms with Gasteiger partial charge in [-0.05, 0) is 38.2 Å². The Hall–Kier alpha value is -1.16. The van der Waals surface area contributed by atoms with Crippen molar-refractivity contribution < 1.29 is 4.79 Å². The summed E-state index contributed by atoms with van der Waals surface area (Å²) in [5, 5.41) is 3.09. The average Bonchev–Trinajstić information content (AvgIpc) is 2.48. The van der Waals surface area contributed by atoms with Crippen molar-refractivity contribution in [1.82, 2.24) is 5.32 Å². The Morgan fingerprint density at radius 1 is 1.35 bits per heavy atom. The molecule has 0 aliphatic heterocycles. The molecular weight excluding hydrogens is 268 g/mol. The van der Waals surface area contributed by atoms with E-state index in [0.717, 1.165) is 12.1 Å². The summed E-state index contributed by atoms with van der Waals surface area (Å²) in [6.45, 7) is 2.71. The van der Waals surface area contributed by atoms with Crippen LogP contribution in [0.3, 0.4) is 0 Å². The first-order chi connectivity index (χ1) is 9.56.